The molecule has 1 aromatic carbocycles. The highest BCUT2D eigenvalue weighted by Crippen LogP contribution is 2.31. The van der Waals surface area contributed by atoms with E-state index in [1.165, 1.54) is 23.1 Å². The molecule has 1 unspecified atom stereocenters. The monoisotopic (exact) mass is 485 g/mol. The Morgan fingerprint density at radius 1 is 1.37 bits per heavy atom. The molecule has 30 heavy (non-hydrogen) atoms. The highest BCUT2D eigenvalue weighted by Gasteiger charge is 2.22. The smallest absolute Gasteiger partial charge is 0.263 e. The van der Waals surface area contributed by atoms with Crippen LogP contribution in [0.2, 0.25) is 10.0 Å². The number of aromatic nitrogens is 2. The number of hydrogen-bond donors (Lipinski definition) is 1. The summed E-state index contributed by atoms with van der Waals surface area (Å²) < 4.78 is 6.73. The van der Waals surface area contributed by atoms with E-state index in [-0.39, 0.29) is 11.5 Å². The Morgan fingerprint density at radius 3 is 2.80 bits per heavy atom. The van der Waals surface area contributed by atoms with Gasteiger partial charge in [0.15, 0.2) is 5.16 Å². The van der Waals surface area contributed by atoms with Crippen LogP contribution in [0.15, 0.2) is 28.2 Å². The molecular formula is C20H21Cl2N3O3S2. The van der Waals surface area contributed by atoms with E-state index in [9.17, 15) is 9.59 Å². The predicted molar refractivity (Wildman–Crippen MR) is 126 cm³/mol. The number of nitrogens with zero attached hydrogens (tertiary/aromatic N) is 2. The minimum absolute atomic E-state index is 0.119. The molecule has 6 nitrogen and oxygen atoms in total. The van der Waals surface area contributed by atoms with Crippen LogP contribution in [-0.4, -0.2) is 34.4 Å². The van der Waals surface area contributed by atoms with Crippen LogP contribution in [0.3, 0.4) is 0 Å². The van der Waals surface area contributed by atoms with Crippen LogP contribution in [0.1, 0.15) is 17.4 Å². The van der Waals surface area contributed by atoms with Crippen molar-refractivity contribution >= 4 is 68.1 Å². The lowest BCUT2D eigenvalue weighted by Gasteiger charge is -2.16. The normalized spacial score (nSPS) is 12.3. The van der Waals surface area contributed by atoms with Crippen LogP contribution in [0.4, 0.5) is 5.69 Å². The van der Waals surface area contributed by atoms with Crippen molar-refractivity contribution in [2.45, 2.75) is 37.7 Å². The molecule has 0 fully saturated rings. The molecule has 1 N–H and O–H groups in total. The van der Waals surface area contributed by atoms with Gasteiger partial charge in [0, 0.05) is 17.0 Å². The van der Waals surface area contributed by atoms with Gasteiger partial charge in [0.05, 0.1) is 34.5 Å². The van der Waals surface area contributed by atoms with Gasteiger partial charge < -0.3 is 10.1 Å². The average molecular weight is 486 g/mol. The zero-order valence-electron chi connectivity index (χ0n) is 16.9. The lowest BCUT2D eigenvalue weighted by atomic mass is 10.2. The van der Waals surface area contributed by atoms with Gasteiger partial charge in [0.1, 0.15) is 4.83 Å². The summed E-state index contributed by atoms with van der Waals surface area (Å²) >= 11 is 14.8. The predicted octanol–water partition coefficient (Wildman–Crippen LogP) is 5.15. The molecule has 0 radical (unpaired) electrons. The second kappa shape index (κ2) is 9.70. The third-order valence-corrected chi connectivity index (χ3v) is 7.37. The summed E-state index contributed by atoms with van der Waals surface area (Å²) in [4.78, 5) is 32.3. The summed E-state index contributed by atoms with van der Waals surface area (Å²) in [6.45, 7) is 6.36. The molecular weight excluding hydrogens is 465 g/mol. The molecule has 3 rings (SSSR count). The zero-order chi connectivity index (χ0) is 22.0. The van der Waals surface area contributed by atoms with Crippen LogP contribution in [0.5, 0.6) is 0 Å². The van der Waals surface area contributed by atoms with E-state index in [1.807, 2.05) is 13.8 Å². The Morgan fingerprint density at radius 2 is 2.10 bits per heavy atom. The summed E-state index contributed by atoms with van der Waals surface area (Å²) in [6, 6.07) is 4.86. The number of thiophene rings is 1. The number of nitrogens with one attached hydrogen (secondary N) is 1. The van der Waals surface area contributed by atoms with Crippen LogP contribution in [0.25, 0.3) is 10.2 Å². The quantitative estimate of drug-likeness (QED) is 0.370. The van der Waals surface area contributed by atoms with Gasteiger partial charge in [-0.3, -0.25) is 14.2 Å². The maximum atomic E-state index is 13.1. The van der Waals surface area contributed by atoms with Crippen LogP contribution in [0, 0.1) is 13.8 Å². The number of rotatable bonds is 7. The van der Waals surface area contributed by atoms with Gasteiger partial charge in [-0.15, -0.1) is 11.3 Å². The highest BCUT2D eigenvalue weighted by atomic mass is 35.5. The molecule has 0 bridgehead atoms. The summed E-state index contributed by atoms with van der Waals surface area (Å²) in [5.41, 5.74) is 1.26. The van der Waals surface area contributed by atoms with Gasteiger partial charge in [-0.05, 0) is 44.5 Å². The summed E-state index contributed by atoms with van der Waals surface area (Å²) in [7, 11) is 1.58. The fraction of sp³-hybridized carbons (Fsp3) is 0.350. The van der Waals surface area contributed by atoms with E-state index >= 15 is 0 Å². The number of thioether (sulfide) groups is 1. The van der Waals surface area contributed by atoms with Gasteiger partial charge in [0.25, 0.3) is 5.56 Å². The number of benzene rings is 1. The van der Waals surface area contributed by atoms with Gasteiger partial charge in [-0.1, -0.05) is 35.0 Å². The number of hydrogen-bond acceptors (Lipinski definition) is 6. The minimum Gasteiger partial charge on any atom is -0.383 e. The van der Waals surface area contributed by atoms with E-state index in [2.05, 4.69) is 5.32 Å². The SMILES string of the molecule is COCCn1c(SC(C)C(=O)Nc2cc(Cl)ccc2Cl)nc2sc(C)c(C)c2c1=O. The molecule has 0 saturated heterocycles. The van der Waals surface area contributed by atoms with E-state index in [1.54, 1.807) is 36.8 Å². The zero-order valence-corrected chi connectivity index (χ0v) is 20.1. The Hall–Kier alpha value is -1.58. The summed E-state index contributed by atoms with van der Waals surface area (Å²) in [6.07, 6.45) is 0. The maximum absolute atomic E-state index is 13.1. The fourth-order valence-corrected chi connectivity index (χ4v) is 5.16. The molecule has 3 aromatic rings. The number of halogens is 2. The second-order valence-corrected chi connectivity index (χ2v) is 10.0. The topological polar surface area (TPSA) is 73.2 Å². The van der Waals surface area contributed by atoms with Crippen LogP contribution in [-0.2, 0) is 16.1 Å². The Labute approximate surface area is 192 Å². The summed E-state index contributed by atoms with van der Waals surface area (Å²) in [5.74, 6) is -0.268. The molecule has 2 heterocycles. The van der Waals surface area contributed by atoms with Crippen molar-refractivity contribution in [2.24, 2.45) is 0 Å². The lowest BCUT2D eigenvalue weighted by Crippen LogP contribution is -2.28. The van der Waals surface area contributed by atoms with Crippen molar-refractivity contribution < 1.29 is 9.53 Å². The molecule has 10 heteroatoms. The van der Waals surface area contributed by atoms with Crippen molar-refractivity contribution in [2.75, 3.05) is 19.0 Å². The number of anilines is 1. The number of fused-ring (bicyclic) bond motifs is 1. The molecule has 0 spiro atoms. The van der Waals surface area contributed by atoms with Gasteiger partial charge in [-0.2, -0.15) is 0 Å². The second-order valence-electron chi connectivity index (χ2n) is 6.68. The van der Waals surface area contributed by atoms with Crippen molar-refractivity contribution in [3.05, 3.63) is 49.0 Å². The van der Waals surface area contributed by atoms with Crippen LogP contribution < -0.4 is 10.9 Å². The molecule has 2 aromatic heterocycles. The average Bonchev–Trinajstić information content (AvgIpc) is 2.98. The maximum Gasteiger partial charge on any atom is 0.263 e. The van der Waals surface area contributed by atoms with Crippen molar-refractivity contribution in [1.82, 2.24) is 9.55 Å². The minimum atomic E-state index is -0.527. The fourth-order valence-electron chi connectivity index (χ4n) is 2.82. The first-order valence-electron chi connectivity index (χ1n) is 9.15. The Bertz CT molecular complexity index is 1160. The third-order valence-electron chi connectivity index (χ3n) is 4.61. The standard InChI is InChI=1S/C20H21Cl2N3O3S2/c1-10-11(2)29-18-16(10)19(27)25(7-8-28-4)20(24-18)30-12(3)17(26)23-15-9-13(21)5-6-14(15)22/h5-6,9,12H,7-8H2,1-4H3,(H,23,26). The number of carbonyl (C=O) groups is 1. The number of ether oxygens (including phenoxy) is 1. The molecule has 160 valence electrons. The van der Waals surface area contributed by atoms with E-state index in [0.29, 0.717) is 44.3 Å². The van der Waals surface area contributed by atoms with Crippen LogP contribution >= 0.6 is 46.3 Å². The number of amides is 1. The Balaban J connectivity index is 1.92. The highest BCUT2D eigenvalue weighted by molar-refractivity contribution is 8.00. The number of aryl methyl sites for hydroxylation is 2. The molecule has 1 atom stereocenters. The molecule has 0 aliphatic heterocycles. The number of carbonyl (C=O) groups excluding carboxylic acids is 1. The molecule has 0 aliphatic rings. The van der Waals surface area contributed by atoms with E-state index < -0.39 is 5.25 Å². The third kappa shape index (κ3) is 4.84. The summed E-state index contributed by atoms with van der Waals surface area (Å²) in [5, 5.41) is 4.23. The number of methoxy groups -OCH3 is 1. The van der Waals surface area contributed by atoms with Crippen molar-refractivity contribution in [3.8, 4) is 0 Å². The largest absolute Gasteiger partial charge is 0.383 e. The van der Waals surface area contributed by atoms with E-state index in [0.717, 1.165) is 10.4 Å². The Kier molecular flexibility index (Phi) is 7.47. The first-order valence-corrected chi connectivity index (χ1v) is 11.6. The van der Waals surface area contributed by atoms with Gasteiger partial charge in [0.2, 0.25) is 5.91 Å². The molecule has 0 aliphatic carbocycles. The molecule has 1 amide bonds. The lowest BCUT2D eigenvalue weighted by molar-refractivity contribution is -0.115. The first-order chi connectivity index (χ1) is 14.2. The van der Waals surface area contributed by atoms with Crippen molar-refractivity contribution in [1.29, 1.82) is 0 Å². The first kappa shape index (κ1) is 23.1. The molecule has 0 saturated carbocycles. The van der Waals surface area contributed by atoms with Gasteiger partial charge in [-0.25, -0.2) is 4.98 Å². The van der Waals surface area contributed by atoms with Gasteiger partial charge >= 0.3 is 0 Å². The van der Waals surface area contributed by atoms with E-state index in [4.69, 9.17) is 32.9 Å². The van der Waals surface area contributed by atoms with Crippen molar-refractivity contribution in [3.63, 3.8) is 0 Å².